The van der Waals surface area contributed by atoms with Gasteiger partial charge in [0, 0.05) is 5.56 Å². The van der Waals surface area contributed by atoms with Crippen LogP contribution in [0.1, 0.15) is 43.9 Å². The van der Waals surface area contributed by atoms with E-state index in [1.807, 2.05) is 6.92 Å². The summed E-state index contributed by atoms with van der Waals surface area (Å²) in [4.78, 5) is 20.5. The van der Waals surface area contributed by atoms with E-state index >= 15 is 0 Å². The summed E-state index contributed by atoms with van der Waals surface area (Å²) in [6.45, 7) is 3.78. The highest BCUT2D eigenvalue weighted by molar-refractivity contribution is 5.72. The lowest BCUT2D eigenvalue weighted by Crippen LogP contribution is -2.31. The summed E-state index contributed by atoms with van der Waals surface area (Å²) in [6.07, 6.45) is 6.20. The van der Waals surface area contributed by atoms with Crippen LogP contribution in [0.3, 0.4) is 0 Å². The molecule has 3 rings (SSSR count). The van der Waals surface area contributed by atoms with Crippen LogP contribution in [0, 0.1) is 12.8 Å². The topological polar surface area (TPSA) is 108 Å². The fraction of sp³-hybridized carbons (Fsp3) is 0.556. The molecule has 1 aliphatic rings. The molecule has 140 valence electrons. The second-order valence-electron chi connectivity index (χ2n) is 6.33. The number of ether oxygens (including phenoxy) is 2. The Bertz CT molecular complexity index is 744. The molecule has 1 aliphatic carbocycles. The van der Waals surface area contributed by atoms with Crippen LogP contribution in [0.5, 0.6) is 5.88 Å². The van der Waals surface area contributed by atoms with Gasteiger partial charge in [-0.1, -0.05) is 5.16 Å². The zero-order valence-electron chi connectivity index (χ0n) is 15.0. The molecule has 8 nitrogen and oxygen atoms in total. The molecule has 2 aromatic heterocycles. The van der Waals surface area contributed by atoms with Crippen LogP contribution in [0.2, 0.25) is 0 Å². The second kappa shape index (κ2) is 8.27. The summed E-state index contributed by atoms with van der Waals surface area (Å²) >= 11 is 0. The number of nitrogens with zero attached hydrogens (tertiary/aromatic N) is 3. The maximum atomic E-state index is 11.9. The summed E-state index contributed by atoms with van der Waals surface area (Å²) in [6, 6.07) is 0. The molecule has 1 saturated carbocycles. The first-order valence-corrected chi connectivity index (χ1v) is 8.84. The summed E-state index contributed by atoms with van der Waals surface area (Å²) in [5, 5.41) is 13.3. The minimum Gasteiger partial charge on any atom is -0.473 e. The van der Waals surface area contributed by atoms with Gasteiger partial charge in [0.15, 0.2) is 5.76 Å². The number of aliphatic hydroxyl groups is 1. The Labute approximate surface area is 151 Å². The monoisotopic (exact) mass is 361 g/mol. The highest BCUT2D eigenvalue weighted by Gasteiger charge is 2.29. The smallest absolute Gasteiger partial charge is 0.309 e. The fourth-order valence-electron chi connectivity index (χ4n) is 3.17. The number of esters is 1. The van der Waals surface area contributed by atoms with Crippen molar-refractivity contribution < 1.29 is 23.9 Å². The number of carbonyl (C=O) groups excluding carboxylic acids is 1. The third-order valence-corrected chi connectivity index (χ3v) is 4.54. The SMILES string of the molecule is CCOC(=O)[C@H]1CCC[C@H](Oc2cnc(-c3onc(C)c3CO)cn2)C1. The first-order chi connectivity index (χ1) is 12.6. The molecule has 2 heterocycles. The Balaban J connectivity index is 1.65. The number of aromatic nitrogens is 3. The van der Waals surface area contributed by atoms with Crippen molar-refractivity contribution in [2.24, 2.45) is 5.92 Å². The molecule has 0 bridgehead atoms. The highest BCUT2D eigenvalue weighted by atomic mass is 16.5. The molecule has 2 aromatic rings. The number of rotatable bonds is 6. The van der Waals surface area contributed by atoms with Crippen LogP contribution < -0.4 is 4.74 Å². The van der Waals surface area contributed by atoms with E-state index in [0.717, 1.165) is 19.3 Å². The van der Waals surface area contributed by atoms with Crippen molar-refractivity contribution in [3.8, 4) is 17.3 Å². The van der Waals surface area contributed by atoms with E-state index in [0.29, 0.717) is 41.6 Å². The molecule has 0 spiro atoms. The normalized spacial score (nSPS) is 20.0. The van der Waals surface area contributed by atoms with E-state index < -0.39 is 0 Å². The van der Waals surface area contributed by atoms with Crippen molar-refractivity contribution in [2.45, 2.75) is 52.2 Å². The third kappa shape index (κ3) is 4.01. The predicted molar refractivity (Wildman–Crippen MR) is 91.2 cm³/mol. The Morgan fingerprint density at radius 1 is 1.35 bits per heavy atom. The first kappa shape index (κ1) is 18.3. The lowest BCUT2D eigenvalue weighted by molar-refractivity contribution is -0.150. The van der Waals surface area contributed by atoms with Gasteiger partial charge in [0.25, 0.3) is 0 Å². The first-order valence-electron chi connectivity index (χ1n) is 8.84. The molecule has 1 N–H and O–H groups in total. The summed E-state index contributed by atoms with van der Waals surface area (Å²) < 4.78 is 16.2. The quantitative estimate of drug-likeness (QED) is 0.782. The number of carbonyl (C=O) groups is 1. The molecular formula is C18H23N3O5. The van der Waals surface area contributed by atoms with Crippen molar-refractivity contribution in [3.63, 3.8) is 0 Å². The van der Waals surface area contributed by atoms with E-state index in [2.05, 4.69) is 15.1 Å². The number of aliphatic hydroxyl groups excluding tert-OH is 1. The molecule has 0 aromatic carbocycles. The molecule has 0 saturated heterocycles. The van der Waals surface area contributed by atoms with Gasteiger partial charge in [0.1, 0.15) is 11.8 Å². The van der Waals surface area contributed by atoms with Gasteiger partial charge < -0.3 is 19.1 Å². The van der Waals surface area contributed by atoms with E-state index in [-0.39, 0.29) is 24.6 Å². The summed E-state index contributed by atoms with van der Waals surface area (Å²) in [5.41, 5.74) is 1.70. The zero-order valence-corrected chi connectivity index (χ0v) is 15.0. The van der Waals surface area contributed by atoms with Crippen LogP contribution in [0.25, 0.3) is 11.5 Å². The van der Waals surface area contributed by atoms with Crippen molar-refractivity contribution in [3.05, 3.63) is 23.7 Å². The summed E-state index contributed by atoms with van der Waals surface area (Å²) in [5.74, 6) is 0.527. The fourth-order valence-corrected chi connectivity index (χ4v) is 3.17. The Morgan fingerprint density at radius 3 is 2.88 bits per heavy atom. The van der Waals surface area contributed by atoms with Crippen LogP contribution in [-0.4, -0.2) is 38.9 Å². The molecular weight excluding hydrogens is 338 g/mol. The Kier molecular flexibility index (Phi) is 5.82. The van der Waals surface area contributed by atoms with Gasteiger partial charge in [0.05, 0.1) is 37.2 Å². The largest absolute Gasteiger partial charge is 0.473 e. The number of hydrogen-bond acceptors (Lipinski definition) is 8. The van der Waals surface area contributed by atoms with Crippen LogP contribution in [0.4, 0.5) is 0 Å². The number of aryl methyl sites for hydroxylation is 1. The Hall–Kier alpha value is -2.48. The second-order valence-corrected chi connectivity index (χ2v) is 6.33. The van der Waals surface area contributed by atoms with Gasteiger partial charge in [-0.3, -0.25) is 4.79 Å². The predicted octanol–water partition coefficient (Wildman–Crippen LogP) is 2.43. The standard InChI is InChI=1S/C18H23N3O5/c1-3-24-18(23)12-5-4-6-13(7-12)25-16-9-19-15(8-20-16)17-14(10-22)11(2)21-26-17/h8-9,12-13,22H,3-7,10H2,1-2H3/t12-,13-/m0/s1. The molecule has 26 heavy (non-hydrogen) atoms. The Morgan fingerprint density at radius 2 is 2.19 bits per heavy atom. The minimum absolute atomic E-state index is 0.0844. The highest BCUT2D eigenvalue weighted by Crippen LogP contribution is 2.29. The van der Waals surface area contributed by atoms with Gasteiger partial charge in [0.2, 0.25) is 5.88 Å². The lowest BCUT2D eigenvalue weighted by Gasteiger charge is -2.27. The van der Waals surface area contributed by atoms with Crippen LogP contribution in [0.15, 0.2) is 16.9 Å². The van der Waals surface area contributed by atoms with Crippen molar-refractivity contribution in [2.75, 3.05) is 6.61 Å². The maximum absolute atomic E-state index is 11.9. The van der Waals surface area contributed by atoms with Gasteiger partial charge in [-0.05, 0) is 39.5 Å². The number of hydrogen-bond donors (Lipinski definition) is 1. The molecule has 0 unspecified atom stereocenters. The third-order valence-electron chi connectivity index (χ3n) is 4.54. The molecule has 0 radical (unpaired) electrons. The van der Waals surface area contributed by atoms with Gasteiger partial charge >= 0.3 is 5.97 Å². The van der Waals surface area contributed by atoms with Crippen LogP contribution >= 0.6 is 0 Å². The average molecular weight is 361 g/mol. The van der Waals surface area contributed by atoms with Crippen molar-refractivity contribution >= 4 is 5.97 Å². The van der Waals surface area contributed by atoms with E-state index in [9.17, 15) is 9.90 Å². The van der Waals surface area contributed by atoms with Gasteiger partial charge in [-0.15, -0.1) is 0 Å². The van der Waals surface area contributed by atoms with E-state index in [1.165, 1.54) is 12.4 Å². The molecule has 0 aliphatic heterocycles. The van der Waals surface area contributed by atoms with Gasteiger partial charge in [-0.2, -0.15) is 0 Å². The minimum atomic E-state index is -0.179. The van der Waals surface area contributed by atoms with Crippen molar-refractivity contribution in [1.82, 2.24) is 15.1 Å². The molecule has 1 fully saturated rings. The average Bonchev–Trinajstić information content (AvgIpc) is 3.03. The summed E-state index contributed by atoms with van der Waals surface area (Å²) in [7, 11) is 0. The van der Waals surface area contributed by atoms with Crippen molar-refractivity contribution in [1.29, 1.82) is 0 Å². The zero-order chi connectivity index (χ0) is 18.5. The van der Waals surface area contributed by atoms with E-state index in [1.54, 1.807) is 6.92 Å². The van der Waals surface area contributed by atoms with Gasteiger partial charge in [-0.25, -0.2) is 9.97 Å². The molecule has 2 atom stereocenters. The lowest BCUT2D eigenvalue weighted by atomic mass is 9.87. The molecule has 0 amide bonds. The maximum Gasteiger partial charge on any atom is 0.309 e. The van der Waals surface area contributed by atoms with E-state index in [4.69, 9.17) is 14.0 Å². The van der Waals surface area contributed by atoms with Crippen LogP contribution in [-0.2, 0) is 16.1 Å². The molecule has 8 heteroatoms.